The maximum atomic E-state index is 13.0. The molecule has 4 rings (SSSR count). The van der Waals surface area contributed by atoms with Gasteiger partial charge in [0.25, 0.3) is 0 Å². The van der Waals surface area contributed by atoms with E-state index in [-0.39, 0.29) is 11.8 Å². The number of nitrogens with one attached hydrogen (secondary N) is 2. The van der Waals surface area contributed by atoms with Crippen LogP contribution in [0.2, 0.25) is 5.02 Å². The van der Waals surface area contributed by atoms with Crippen molar-refractivity contribution in [2.75, 3.05) is 41.8 Å². The van der Waals surface area contributed by atoms with Crippen LogP contribution in [0.1, 0.15) is 12.8 Å². The van der Waals surface area contributed by atoms with Crippen LogP contribution in [-0.4, -0.2) is 38.1 Å². The Balaban J connectivity index is 1.49. The van der Waals surface area contributed by atoms with Gasteiger partial charge in [0, 0.05) is 13.1 Å². The fourth-order valence-corrected chi connectivity index (χ4v) is 3.57. The molecule has 6 nitrogen and oxygen atoms in total. The van der Waals surface area contributed by atoms with Crippen LogP contribution in [0.5, 0.6) is 0 Å². The standard InChI is InChI=1S/C21H22ClN3O3/c22-15-5-1-2-6-16(15)23-19(26)21(9-10-21)20(27)24-17-7-3-4-8-18(17)25-11-13-28-14-12-25/h1-8H,9-14H2,(H,23,26)(H,24,27). The Bertz CT molecular complexity index is 892. The van der Waals surface area contributed by atoms with Crippen molar-refractivity contribution in [3.63, 3.8) is 0 Å². The molecule has 1 aliphatic carbocycles. The molecule has 0 unspecified atom stereocenters. The number of benzene rings is 2. The third-order valence-corrected chi connectivity index (χ3v) is 5.57. The summed E-state index contributed by atoms with van der Waals surface area (Å²) in [5, 5.41) is 6.22. The lowest BCUT2D eigenvalue weighted by molar-refractivity contribution is -0.131. The molecule has 1 heterocycles. The molecule has 1 aliphatic heterocycles. The van der Waals surface area contributed by atoms with Gasteiger partial charge < -0.3 is 20.3 Å². The molecule has 7 heteroatoms. The molecular weight excluding hydrogens is 378 g/mol. The SMILES string of the molecule is O=C(Nc1ccccc1Cl)C1(C(=O)Nc2ccccc2N2CCOCC2)CC1. The lowest BCUT2D eigenvalue weighted by Gasteiger charge is -2.30. The maximum absolute atomic E-state index is 13.0. The van der Waals surface area contributed by atoms with E-state index >= 15 is 0 Å². The molecule has 2 fully saturated rings. The number of ether oxygens (including phenoxy) is 1. The van der Waals surface area contributed by atoms with E-state index in [9.17, 15) is 9.59 Å². The average Bonchev–Trinajstić information content (AvgIpc) is 3.53. The smallest absolute Gasteiger partial charge is 0.240 e. The first-order chi connectivity index (χ1) is 13.6. The quantitative estimate of drug-likeness (QED) is 0.754. The Morgan fingerprint density at radius 3 is 2.11 bits per heavy atom. The minimum absolute atomic E-state index is 0.280. The number of halogens is 1. The zero-order chi connectivity index (χ0) is 19.6. The van der Waals surface area contributed by atoms with Crippen LogP contribution in [-0.2, 0) is 14.3 Å². The van der Waals surface area contributed by atoms with Crippen molar-refractivity contribution in [3.05, 3.63) is 53.6 Å². The van der Waals surface area contributed by atoms with Gasteiger partial charge in [-0.1, -0.05) is 35.9 Å². The highest BCUT2D eigenvalue weighted by molar-refractivity contribution is 6.34. The summed E-state index contributed by atoms with van der Waals surface area (Å²) in [6, 6.07) is 14.7. The number of carbonyl (C=O) groups is 2. The van der Waals surface area contributed by atoms with Gasteiger partial charge in [0.1, 0.15) is 5.41 Å². The van der Waals surface area contributed by atoms with E-state index in [4.69, 9.17) is 16.3 Å². The first-order valence-corrected chi connectivity index (χ1v) is 9.77. The minimum Gasteiger partial charge on any atom is -0.378 e. The van der Waals surface area contributed by atoms with Crippen LogP contribution in [0.15, 0.2) is 48.5 Å². The molecule has 2 aromatic rings. The van der Waals surface area contributed by atoms with Gasteiger partial charge in [-0.15, -0.1) is 0 Å². The number of rotatable bonds is 5. The van der Waals surface area contributed by atoms with E-state index in [0.29, 0.717) is 42.5 Å². The predicted molar refractivity (Wildman–Crippen MR) is 110 cm³/mol. The molecule has 0 atom stereocenters. The van der Waals surface area contributed by atoms with Crippen LogP contribution in [0.3, 0.4) is 0 Å². The maximum Gasteiger partial charge on any atom is 0.240 e. The summed E-state index contributed by atoms with van der Waals surface area (Å²) < 4.78 is 5.41. The Hall–Kier alpha value is -2.57. The normalized spacial score (nSPS) is 17.7. The van der Waals surface area contributed by atoms with Crippen molar-refractivity contribution >= 4 is 40.5 Å². The monoisotopic (exact) mass is 399 g/mol. The molecule has 0 radical (unpaired) electrons. The summed E-state index contributed by atoms with van der Waals surface area (Å²) in [7, 11) is 0. The molecule has 146 valence electrons. The highest BCUT2D eigenvalue weighted by Crippen LogP contribution is 2.48. The third-order valence-electron chi connectivity index (χ3n) is 5.25. The number of amides is 2. The van der Waals surface area contributed by atoms with Gasteiger partial charge in [-0.05, 0) is 37.1 Å². The van der Waals surface area contributed by atoms with E-state index in [0.717, 1.165) is 18.8 Å². The average molecular weight is 400 g/mol. The highest BCUT2D eigenvalue weighted by atomic mass is 35.5. The van der Waals surface area contributed by atoms with Gasteiger partial charge in [0.15, 0.2) is 0 Å². The van der Waals surface area contributed by atoms with E-state index < -0.39 is 5.41 Å². The summed E-state index contributed by atoms with van der Waals surface area (Å²) in [4.78, 5) is 28.0. The van der Waals surface area contributed by atoms with E-state index in [1.54, 1.807) is 24.3 Å². The molecule has 2 aliphatic rings. The van der Waals surface area contributed by atoms with Gasteiger partial charge in [-0.2, -0.15) is 0 Å². The molecule has 0 spiro atoms. The van der Waals surface area contributed by atoms with Crippen molar-refractivity contribution in [1.82, 2.24) is 0 Å². The van der Waals surface area contributed by atoms with E-state index in [1.165, 1.54) is 0 Å². The summed E-state index contributed by atoms with van der Waals surface area (Å²) in [5.74, 6) is -0.597. The summed E-state index contributed by atoms with van der Waals surface area (Å²) in [5.41, 5.74) is 1.13. The van der Waals surface area contributed by atoms with Crippen molar-refractivity contribution in [2.24, 2.45) is 5.41 Å². The molecule has 0 aromatic heterocycles. The second-order valence-corrected chi connectivity index (χ2v) is 7.49. The Labute approximate surface area is 168 Å². The van der Waals surface area contributed by atoms with Crippen LogP contribution in [0, 0.1) is 5.41 Å². The zero-order valence-corrected chi connectivity index (χ0v) is 16.2. The highest BCUT2D eigenvalue weighted by Gasteiger charge is 2.56. The van der Waals surface area contributed by atoms with Crippen molar-refractivity contribution < 1.29 is 14.3 Å². The molecule has 0 bridgehead atoms. The zero-order valence-electron chi connectivity index (χ0n) is 15.4. The third kappa shape index (κ3) is 3.70. The van der Waals surface area contributed by atoms with Crippen molar-refractivity contribution in [3.8, 4) is 0 Å². The Morgan fingerprint density at radius 1 is 0.893 bits per heavy atom. The lowest BCUT2D eigenvalue weighted by Crippen LogP contribution is -2.38. The topological polar surface area (TPSA) is 70.7 Å². The number of anilines is 3. The van der Waals surface area contributed by atoms with Crippen LogP contribution in [0.4, 0.5) is 17.1 Å². The molecule has 1 saturated carbocycles. The summed E-state index contributed by atoms with van der Waals surface area (Å²) >= 11 is 6.12. The van der Waals surface area contributed by atoms with Crippen LogP contribution < -0.4 is 15.5 Å². The van der Waals surface area contributed by atoms with Gasteiger partial charge in [-0.3, -0.25) is 9.59 Å². The molecule has 1 saturated heterocycles. The van der Waals surface area contributed by atoms with Gasteiger partial charge in [-0.25, -0.2) is 0 Å². The van der Waals surface area contributed by atoms with Crippen LogP contribution in [0.25, 0.3) is 0 Å². The molecule has 2 aromatic carbocycles. The molecule has 2 amide bonds. The van der Waals surface area contributed by atoms with E-state index in [2.05, 4.69) is 15.5 Å². The minimum atomic E-state index is -1.04. The molecular formula is C21H22ClN3O3. The van der Waals surface area contributed by atoms with Crippen LogP contribution >= 0.6 is 11.6 Å². The first kappa shape index (κ1) is 18.8. The number of carbonyl (C=O) groups excluding carboxylic acids is 2. The van der Waals surface area contributed by atoms with Gasteiger partial charge >= 0.3 is 0 Å². The van der Waals surface area contributed by atoms with Gasteiger partial charge in [0.2, 0.25) is 11.8 Å². The lowest BCUT2D eigenvalue weighted by atomic mass is 10.0. The van der Waals surface area contributed by atoms with Gasteiger partial charge in [0.05, 0.1) is 35.3 Å². The largest absolute Gasteiger partial charge is 0.378 e. The van der Waals surface area contributed by atoms with Crippen molar-refractivity contribution in [2.45, 2.75) is 12.8 Å². The fraction of sp³-hybridized carbons (Fsp3) is 0.333. The number of nitrogens with zero attached hydrogens (tertiary/aromatic N) is 1. The predicted octanol–water partition coefficient (Wildman–Crippen LogP) is 3.53. The molecule has 2 N–H and O–H groups in total. The second-order valence-electron chi connectivity index (χ2n) is 7.09. The summed E-state index contributed by atoms with van der Waals surface area (Å²) in [6.45, 7) is 2.86. The Morgan fingerprint density at radius 2 is 1.46 bits per heavy atom. The number of hydrogen-bond donors (Lipinski definition) is 2. The molecule has 28 heavy (non-hydrogen) atoms. The van der Waals surface area contributed by atoms with E-state index in [1.807, 2.05) is 24.3 Å². The Kier molecular flexibility index (Phi) is 5.24. The number of morpholine rings is 1. The second kappa shape index (κ2) is 7.81. The van der Waals surface area contributed by atoms with Crippen molar-refractivity contribution in [1.29, 1.82) is 0 Å². The number of para-hydroxylation sites is 3. The summed E-state index contributed by atoms with van der Waals surface area (Å²) in [6.07, 6.45) is 1.05. The fourth-order valence-electron chi connectivity index (χ4n) is 3.39. The first-order valence-electron chi connectivity index (χ1n) is 9.39. The number of hydrogen-bond acceptors (Lipinski definition) is 4.